The predicted octanol–water partition coefficient (Wildman–Crippen LogP) is 2.81. The number of aliphatic hydroxyl groups excluding tert-OH is 1. The number of fused-ring (bicyclic) bond motifs is 3. The van der Waals surface area contributed by atoms with Gasteiger partial charge in [0.15, 0.2) is 0 Å². The van der Waals surface area contributed by atoms with E-state index >= 15 is 0 Å². The van der Waals surface area contributed by atoms with Crippen molar-refractivity contribution < 1.29 is 14.6 Å². The van der Waals surface area contributed by atoms with Gasteiger partial charge in [-0.05, 0) is 68.2 Å². The second-order valence-corrected chi connectivity index (χ2v) is 7.76. The number of piperidine rings is 1. The molecule has 2 aliphatic heterocycles. The molecule has 2 saturated heterocycles. The molecule has 5 nitrogen and oxygen atoms in total. The molecule has 0 radical (unpaired) electrons. The molecule has 136 valence electrons. The number of aryl methyl sites for hydroxylation is 1. The fourth-order valence-corrected chi connectivity index (χ4v) is 5.01. The van der Waals surface area contributed by atoms with Crippen LogP contribution in [0.1, 0.15) is 55.6 Å². The highest BCUT2D eigenvalue weighted by atomic mass is 16.5. The number of methoxy groups -OCH3 is 1. The van der Waals surface area contributed by atoms with Crippen LogP contribution in [0.4, 0.5) is 4.79 Å². The highest BCUT2D eigenvalue weighted by Crippen LogP contribution is 2.36. The number of ether oxygens (including phenoxy) is 1. The van der Waals surface area contributed by atoms with Crippen molar-refractivity contribution in [1.29, 1.82) is 0 Å². The summed E-state index contributed by atoms with van der Waals surface area (Å²) in [6.45, 7) is 0.691. The van der Waals surface area contributed by atoms with Gasteiger partial charge in [-0.25, -0.2) is 4.79 Å². The Balaban J connectivity index is 1.40. The number of urea groups is 1. The Morgan fingerprint density at radius 3 is 2.76 bits per heavy atom. The molecule has 5 heteroatoms. The molecule has 2 heterocycles. The standard InChI is InChI=1S/C20H28N2O3/c1-25-18-7-8-19-13(9-18)3-2-4-14(19)12-21-20(24)22-15-5-6-16(22)11-17(23)10-15/h7-9,14-17,23H,2-6,10-12H2,1H3,(H,21,24)/t14-,15-,16-/m0/s1. The molecule has 1 aromatic carbocycles. The van der Waals surface area contributed by atoms with Crippen LogP contribution < -0.4 is 10.1 Å². The van der Waals surface area contributed by atoms with Gasteiger partial charge < -0.3 is 20.1 Å². The lowest BCUT2D eigenvalue weighted by Gasteiger charge is -2.37. The Kier molecular flexibility index (Phi) is 4.59. The van der Waals surface area contributed by atoms with Gasteiger partial charge in [0.05, 0.1) is 13.2 Å². The Morgan fingerprint density at radius 2 is 2.04 bits per heavy atom. The number of nitrogens with zero attached hydrogens (tertiary/aromatic N) is 1. The average molecular weight is 344 g/mol. The van der Waals surface area contributed by atoms with E-state index in [2.05, 4.69) is 17.4 Å². The van der Waals surface area contributed by atoms with Crippen LogP contribution in [0.25, 0.3) is 0 Å². The zero-order valence-electron chi connectivity index (χ0n) is 14.9. The molecule has 3 atom stereocenters. The zero-order valence-corrected chi connectivity index (χ0v) is 14.9. The van der Waals surface area contributed by atoms with Crippen LogP contribution in [0.15, 0.2) is 18.2 Å². The van der Waals surface area contributed by atoms with Crippen molar-refractivity contribution >= 4 is 6.03 Å². The van der Waals surface area contributed by atoms with Crippen LogP contribution in [0.3, 0.4) is 0 Å². The summed E-state index contributed by atoms with van der Waals surface area (Å²) in [5, 5.41) is 13.1. The van der Waals surface area contributed by atoms with Crippen LogP contribution in [-0.4, -0.2) is 47.9 Å². The molecule has 1 aromatic rings. The first-order valence-corrected chi connectivity index (χ1v) is 9.56. The maximum atomic E-state index is 12.7. The van der Waals surface area contributed by atoms with E-state index in [1.807, 2.05) is 11.0 Å². The minimum Gasteiger partial charge on any atom is -0.497 e. The van der Waals surface area contributed by atoms with Gasteiger partial charge >= 0.3 is 6.03 Å². The van der Waals surface area contributed by atoms with Crippen molar-refractivity contribution in [2.45, 2.75) is 69.1 Å². The molecule has 2 bridgehead atoms. The highest BCUT2D eigenvalue weighted by molar-refractivity contribution is 5.75. The summed E-state index contributed by atoms with van der Waals surface area (Å²) in [6, 6.07) is 6.81. The van der Waals surface area contributed by atoms with Gasteiger partial charge in [0.2, 0.25) is 0 Å². The Labute approximate surface area is 149 Å². The first-order chi connectivity index (χ1) is 12.2. The van der Waals surface area contributed by atoms with Gasteiger partial charge in [-0.3, -0.25) is 0 Å². The number of hydrogen-bond acceptors (Lipinski definition) is 3. The SMILES string of the molecule is COc1ccc2c(c1)CCC[C@H]2CNC(=O)N1[C@H]2CC[C@H]1CC(O)C2. The molecule has 2 N–H and O–H groups in total. The van der Waals surface area contributed by atoms with Crippen molar-refractivity contribution in [3.05, 3.63) is 29.3 Å². The summed E-state index contributed by atoms with van der Waals surface area (Å²) in [7, 11) is 1.70. The molecule has 3 aliphatic rings. The van der Waals surface area contributed by atoms with Crippen molar-refractivity contribution in [2.75, 3.05) is 13.7 Å². The van der Waals surface area contributed by atoms with Gasteiger partial charge in [-0.15, -0.1) is 0 Å². The quantitative estimate of drug-likeness (QED) is 0.886. The Morgan fingerprint density at radius 1 is 1.28 bits per heavy atom. The van der Waals surface area contributed by atoms with Crippen molar-refractivity contribution in [1.82, 2.24) is 10.2 Å². The van der Waals surface area contributed by atoms with Gasteiger partial charge in [-0.2, -0.15) is 0 Å². The molecular weight excluding hydrogens is 316 g/mol. The predicted molar refractivity (Wildman–Crippen MR) is 96.0 cm³/mol. The van der Waals surface area contributed by atoms with E-state index in [1.165, 1.54) is 11.1 Å². The number of amides is 2. The third-order valence-corrected chi connectivity index (χ3v) is 6.23. The Hall–Kier alpha value is -1.75. The van der Waals surface area contributed by atoms with E-state index in [0.717, 1.165) is 50.7 Å². The molecule has 2 fully saturated rings. The van der Waals surface area contributed by atoms with Crippen molar-refractivity contribution in [3.8, 4) is 5.75 Å². The lowest BCUT2D eigenvalue weighted by atomic mass is 9.82. The summed E-state index contributed by atoms with van der Waals surface area (Å²) in [5.74, 6) is 1.29. The number of aliphatic hydroxyl groups is 1. The van der Waals surface area contributed by atoms with Gasteiger partial charge in [0.25, 0.3) is 0 Å². The van der Waals surface area contributed by atoms with Crippen LogP contribution >= 0.6 is 0 Å². The molecule has 2 amide bonds. The van der Waals surface area contributed by atoms with Crippen LogP contribution in [0.2, 0.25) is 0 Å². The maximum Gasteiger partial charge on any atom is 0.317 e. The van der Waals surface area contributed by atoms with Crippen LogP contribution in [-0.2, 0) is 6.42 Å². The van der Waals surface area contributed by atoms with E-state index < -0.39 is 0 Å². The summed E-state index contributed by atoms with van der Waals surface area (Å²) in [4.78, 5) is 14.7. The number of carbonyl (C=O) groups is 1. The van der Waals surface area contributed by atoms with E-state index in [-0.39, 0.29) is 24.2 Å². The van der Waals surface area contributed by atoms with Crippen LogP contribution in [0.5, 0.6) is 5.75 Å². The minimum absolute atomic E-state index is 0.0556. The molecule has 0 saturated carbocycles. The fourth-order valence-electron chi connectivity index (χ4n) is 5.01. The summed E-state index contributed by atoms with van der Waals surface area (Å²) in [5.41, 5.74) is 2.70. The highest BCUT2D eigenvalue weighted by Gasteiger charge is 2.42. The number of benzene rings is 1. The smallest absolute Gasteiger partial charge is 0.317 e. The molecule has 0 spiro atoms. The minimum atomic E-state index is -0.234. The first-order valence-electron chi connectivity index (χ1n) is 9.56. The number of nitrogens with one attached hydrogen (secondary N) is 1. The lowest BCUT2D eigenvalue weighted by molar-refractivity contribution is 0.0541. The molecule has 4 rings (SSSR count). The van der Waals surface area contributed by atoms with Gasteiger partial charge in [0.1, 0.15) is 5.75 Å². The van der Waals surface area contributed by atoms with Crippen molar-refractivity contribution in [2.24, 2.45) is 0 Å². The number of rotatable bonds is 3. The third-order valence-electron chi connectivity index (χ3n) is 6.23. The monoisotopic (exact) mass is 344 g/mol. The second-order valence-electron chi connectivity index (χ2n) is 7.76. The Bertz CT molecular complexity index is 634. The summed E-state index contributed by atoms with van der Waals surface area (Å²) >= 11 is 0. The first kappa shape index (κ1) is 16.7. The number of hydrogen-bond donors (Lipinski definition) is 2. The normalized spacial score (nSPS) is 30.7. The second kappa shape index (κ2) is 6.87. The van der Waals surface area contributed by atoms with Gasteiger partial charge in [-0.1, -0.05) is 6.07 Å². The third kappa shape index (κ3) is 3.22. The van der Waals surface area contributed by atoms with E-state index in [9.17, 15) is 9.90 Å². The summed E-state index contributed by atoms with van der Waals surface area (Å²) in [6.07, 6.45) is 6.65. The van der Waals surface area contributed by atoms with E-state index in [1.54, 1.807) is 7.11 Å². The van der Waals surface area contributed by atoms with Gasteiger partial charge in [0, 0.05) is 24.5 Å². The topological polar surface area (TPSA) is 61.8 Å². The molecule has 0 unspecified atom stereocenters. The molecule has 0 aromatic heterocycles. The zero-order chi connectivity index (χ0) is 17.4. The van der Waals surface area contributed by atoms with E-state index in [0.29, 0.717) is 12.5 Å². The van der Waals surface area contributed by atoms with Crippen molar-refractivity contribution in [3.63, 3.8) is 0 Å². The molecule has 1 aliphatic carbocycles. The van der Waals surface area contributed by atoms with Crippen LogP contribution in [0, 0.1) is 0 Å². The average Bonchev–Trinajstić information content (AvgIpc) is 2.90. The molecular formula is C20H28N2O3. The van der Waals surface area contributed by atoms with E-state index in [4.69, 9.17) is 4.74 Å². The summed E-state index contributed by atoms with van der Waals surface area (Å²) < 4.78 is 5.34. The molecule has 25 heavy (non-hydrogen) atoms. The largest absolute Gasteiger partial charge is 0.497 e. The lowest BCUT2D eigenvalue weighted by Crippen LogP contribution is -2.52. The fraction of sp³-hybridized carbons (Fsp3) is 0.650. The maximum absolute atomic E-state index is 12.7. The number of carbonyl (C=O) groups excluding carboxylic acids is 1.